The van der Waals surface area contributed by atoms with Crippen molar-refractivity contribution in [2.45, 2.75) is 45.3 Å². The lowest BCUT2D eigenvalue weighted by molar-refractivity contribution is -0.149. The molecule has 1 aliphatic heterocycles. The molecule has 2 aliphatic rings. The summed E-state index contributed by atoms with van der Waals surface area (Å²) in [6.45, 7) is 4.41. The van der Waals surface area contributed by atoms with Gasteiger partial charge in [-0.3, -0.25) is 9.59 Å². The van der Waals surface area contributed by atoms with Gasteiger partial charge in [0.2, 0.25) is 11.8 Å². The van der Waals surface area contributed by atoms with Gasteiger partial charge in [-0.1, -0.05) is 0 Å². The molecule has 2 amide bonds. The van der Waals surface area contributed by atoms with E-state index in [4.69, 9.17) is 0 Å². The largest absolute Gasteiger partial charge is 0.342 e. The number of rotatable bonds is 3. The fraction of sp³-hybridized carbons (Fsp3) is 0.571. The van der Waals surface area contributed by atoms with Crippen LogP contribution in [0.4, 0.5) is 0 Å². The van der Waals surface area contributed by atoms with Gasteiger partial charge in [-0.05, 0) is 49.6 Å². The van der Waals surface area contributed by atoms with Crippen molar-refractivity contribution in [2.24, 2.45) is 5.92 Å². The third-order valence-corrected chi connectivity index (χ3v) is 5.08. The number of amides is 2. The van der Waals surface area contributed by atoms with E-state index >= 15 is 0 Å². The maximum absolute atomic E-state index is 12.5. The SMILES string of the molecule is Cc1ccsc1CN1C(=O)C(C2CC2)NC(=O)C1C. The number of nitrogens with zero attached hydrogens (tertiary/aromatic N) is 1. The number of hydrogen-bond donors (Lipinski definition) is 1. The van der Waals surface area contributed by atoms with Crippen LogP contribution in [-0.4, -0.2) is 28.8 Å². The molecule has 0 bridgehead atoms. The second kappa shape index (κ2) is 4.63. The molecule has 0 spiro atoms. The van der Waals surface area contributed by atoms with Crippen molar-refractivity contribution in [3.63, 3.8) is 0 Å². The highest BCUT2D eigenvalue weighted by atomic mass is 32.1. The van der Waals surface area contributed by atoms with Crippen LogP contribution >= 0.6 is 11.3 Å². The van der Waals surface area contributed by atoms with Crippen LogP contribution in [-0.2, 0) is 16.1 Å². The summed E-state index contributed by atoms with van der Waals surface area (Å²) in [5.41, 5.74) is 1.19. The van der Waals surface area contributed by atoms with E-state index in [-0.39, 0.29) is 23.9 Å². The number of carbonyl (C=O) groups excluding carboxylic acids is 2. The third kappa shape index (κ3) is 2.27. The number of piperazine rings is 1. The molecule has 4 nitrogen and oxygen atoms in total. The van der Waals surface area contributed by atoms with E-state index in [0.29, 0.717) is 12.5 Å². The highest BCUT2D eigenvalue weighted by molar-refractivity contribution is 7.10. The van der Waals surface area contributed by atoms with E-state index < -0.39 is 0 Å². The van der Waals surface area contributed by atoms with Gasteiger partial charge in [-0.15, -0.1) is 11.3 Å². The lowest BCUT2D eigenvalue weighted by atomic mass is 10.0. The number of nitrogens with one attached hydrogen (secondary N) is 1. The van der Waals surface area contributed by atoms with E-state index in [1.807, 2.05) is 12.3 Å². The second-order valence-electron chi connectivity index (χ2n) is 5.49. The smallest absolute Gasteiger partial charge is 0.246 e. The Kier molecular flexibility index (Phi) is 3.09. The highest BCUT2D eigenvalue weighted by Crippen LogP contribution is 2.35. The Balaban J connectivity index is 1.82. The van der Waals surface area contributed by atoms with E-state index in [0.717, 1.165) is 12.8 Å². The van der Waals surface area contributed by atoms with Crippen LogP contribution in [0.25, 0.3) is 0 Å². The summed E-state index contributed by atoms with van der Waals surface area (Å²) >= 11 is 1.65. The minimum atomic E-state index is -0.371. The Bertz CT molecular complexity index is 521. The zero-order chi connectivity index (χ0) is 13.6. The van der Waals surface area contributed by atoms with Gasteiger partial charge in [0.1, 0.15) is 12.1 Å². The fourth-order valence-electron chi connectivity index (χ4n) is 2.53. The summed E-state index contributed by atoms with van der Waals surface area (Å²) in [4.78, 5) is 27.4. The van der Waals surface area contributed by atoms with Gasteiger partial charge in [0.05, 0.1) is 6.54 Å². The molecule has 3 rings (SSSR count). The zero-order valence-corrected chi connectivity index (χ0v) is 12.0. The molecule has 1 N–H and O–H groups in total. The first-order chi connectivity index (χ1) is 9.08. The summed E-state index contributed by atoms with van der Waals surface area (Å²) in [5.74, 6) is 0.420. The first-order valence-electron chi connectivity index (χ1n) is 6.71. The van der Waals surface area contributed by atoms with Crippen molar-refractivity contribution in [3.05, 3.63) is 21.9 Å². The van der Waals surface area contributed by atoms with Gasteiger partial charge in [-0.2, -0.15) is 0 Å². The Morgan fingerprint density at radius 2 is 2.16 bits per heavy atom. The van der Waals surface area contributed by atoms with Gasteiger partial charge >= 0.3 is 0 Å². The van der Waals surface area contributed by atoms with E-state index in [2.05, 4.69) is 11.4 Å². The van der Waals surface area contributed by atoms with Gasteiger partial charge in [0.15, 0.2) is 0 Å². The molecule has 19 heavy (non-hydrogen) atoms. The first kappa shape index (κ1) is 12.7. The summed E-state index contributed by atoms with van der Waals surface area (Å²) in [7, 11) is 0. The van der Waals surface area contributed by atoms with Crippen molar-refractivity contribution in [3.8, 4) is 0 Å². The number of hydrogen-bond acceptors (Lipinski definition) is 3. The number of thiophene rings is 1. The Hall–Kier alpha value is -1.36. The lowest BCUT2D eigenvalue weighted by Gasteiger charge is -2.37. The van der Waals surface area contributed by atoms with Crippen LogP contribution in [0.1, 0.15) is 30.2 Å². The average Bonchev–Trinajstić information content (AvgIpc) is 3.14. The molecule has 1 saturated heterocycles. The zero-order valence-electron chi connectivity index (χ0n) is 11.2. The van der Waals surface area contributed by atoms with Crippen LogP contribution < -0.4 is 5.32 Å². The van der Waals surface area contributed by atoms with Gasteiger partial charge in [0, 0.05) is 4.88 Å². The average molecular weight is 278 g/mol. The minimum Gasteiger partial charge on any atom is -0.342 e. The molecule has 1 aliphatic carbocycles. The Labute approximate surface area is 116 Å². The number of aryl methyl sites for hydroxylation is 1. The molecular weight excluding hydrogens is 260 g/mol. The fourth-order valence-corrected chi connectivity index (χ4v) is 3.44. The molecule has 5 heteroatoms. The molecule has 1 aromatic rings. The van der Waals surface area contributed by atoms with Crippen LogP contribution in [0, 0.1) is 12.8 Å². The van der Waals surface area contributed by atoms with Gasteiger partial charge < -0.3 is 10.2 Å². The predicted octanol–water partition coefficient (Wildman–Crippen LogP) is 1.68. The topological polar surface area (TPSA) is 49.4 Å². The molecule has 1 aromatic heterocycles. The molecule has 2 unspecified atom stereocenters. The Morgan fingerprint density at radius 3 is 2.74 bits per heavy atom. The molecule has 0 aromatic carbocycles. The molecule has 1 saturated carbocycles. The Morgan fingerprint density at radius 1 is 1.42 bits per heavy atom. The summed E-state index contributed by atoms with van der Waals surface area (Å²) in [6.07, 6.45) is 2.11. The van der Waals surface area contributed by atoms with E-state index in [1.54, 1.807) is 23.2 Å². The highest BCUT2D eigenvalue weighted by Gasteiger charge is 2.45. The van der Waals surface area contributed by atoms with E-state index in [1.165, 1.54) is 10.4 Å². The van der Waals surface area contributed by atoms with Gasteiger partial charge in [0.25, 0.3) is 0 Å². The van der Waals surface area contributed by atoms with Crippen molar-refractivity contribution in [1.29, 1.82) is 0 Å². The van der Waals surface area contributed by atoms with Crippen LogP contribution in [0.2, 0.25) is 0 Å². The summed E-state index contributed by atoms with van der Waals surface area (Å²) in [5, 5.41) is 4.91. The maximum atomic E-state index is 12.5. The molecule has 2 fully saturated rings. The van der Waals surface area contributed by atoms with Crippen LogP contribution in [0.3, 0.4) is 0 Å². The molecule has 2 atom stereocenters. The summed E-state index contributed by atoms with van der Waals surface area (Å²) < 4.78 is 0. The van der Waals surface area contributed by atoms with E-state index in [9.17, 15) is 9.59 Å². The van der Waals surface area contributed by atoms with Crippen molar-refractivity contribution in [2.75, 3.05) is 0 Å². The molecule has 0 radical (unpaired) electrons. The van der Waals surface area contributed by atoms with Crippen LogP contribution in [0.15, 0.2) is 11.4 Å². The normalized spacial score (nSPS) is 27.6. The van der Waals surface area contributed by atoms with Gasteiger partial charge in [-0.25, -0.2) is 0 Å². The van der Waals surface area contributed by atoms with Crippen molar-refractivity contribution < 1.29 is 9.59 Å². The quantitative estimate of drug-likeness (QED) is 0.914. The summed E-state index contributed by atoms with van der Waals surface area (Å²) in [6, 6.07) is 1.39. The minimum absolute atomic E-state index is 0.0225. The predicted molar refractivity (Wildman–Crippen MR) is 73.7 cm³/mol. The van der Waals surface area contributed by atoms with Crippen molar-refractivity contribution >= 4 is 23.2 Å². The van der Waals surface area contributed by atoms with Crippen LogP contribution in [0.5, 0.6) is 0 Å². The maximum Gasteiger partial charge on any atom is 0.246 e. The second-order valence-corrected chi connectivity index (χ2v) is 6.49. The molecule has 2 heterocycles. The third-order valence-electron chi connectivity index (χ3n) is 4.07. The standard InChI is InChI=1S/C14H18N2O2S/c1-8-5-6-19-11(8)7-16-9(2)13(17)15-12(14(16)18)10-3-4-10/h5-6,9-10,12H,3-4,7H2,1-2H3,(H,15,17). The molecular formula is C14H18N2O2S. The van der Waals surface area contributed by atoms with Crippen molar-refractivity contribution in [1.82, 2.24) is 10.2 Å². The monoisotopic (exact) mass is 278 g/mol. The number of carbonyl (C=O) groups is 2. The first-order valence-corrected chi connectivity index (χ1v) is 7.59. The molecule has 102 valence electrons. The lowest BCUT2D eigenvalue weighted by Crippen LogP contribution is -2.62.